The van der Waals surface area contributed by atoms with E-state index < -0.39 is 37.3 Å². The van der Waals surface area contributed by atoms with E-state index in [1.54, 1.807) is 0 Å². The lowest BCUT2D eigenvalue weighted by Crippen LogP contribution is -2.41. The molecule has 0 amide bonds. The van der Waals surface area contributed by atoms with Crippen LogP contribution in [0.5, 0.6) is 0 Å². The van der Waals surface area contributed by atoms with Crippen LogP contribution in [0.25, 0.3) is 0 Å². The van der Waals surface area contributed by atoms with Gasteiger partial charge in [0.15, 0.2) is 12.3 Å². The van der Waals surface area contributed by atoms with Crippen molar-refractivity contribution in [2.24, 2.45) is 0 Å². The van der Waals surface area contributed by atoms with Gasteiger partial charge >= 0.3 is 0 Å². The summed E-state index contributed by atoms with van der Waals surface area (Å²) in [5.41, 5.74) is 0. The van der Waals surface area contributed by atoms with E-state index in [9.17, 15) is 10.2 Å². The van der Waals surface area contributed by atoms with Crippen LogP contribution in [0.15, 0.2) is 0 Å². The van der Waals surface area contributed by atoms with Crippen LogP contribution < -0.4 is 5.32 Å². The fourth-order valence-corrected chi connectivity index (χ4v) is 1.86. The van der Waals surface area contributed by atoms with Crippen LogP contribution in [0, 0.1) is 0 Å². The zero-order valence-corrected chi connectivity index (χ0v) is 7.98. The Morgan fingerprint density at radius 3 is 2.86 bits per heavy atom. The lowest BCUT2D eigenvalue weighted by molar-refractivity contribution is -0.0846. The first-order valence-corrected chi connectivity index (χ1v) is 4.64. The number of ether oxygens (including phenoxy) is 2. The molecule has 80 valence electrons. The van der Waals surface area contributed by atoms with Crippen LogP contribution in [0.4, 0.5) is 0 Å². The van der Waals surface area contributed by atoms with E-state index in [-0.39, 0.29) is 5.17 Å². The fraction of sp³-hybridized carbons (Fsp3) is 0.857. The van der Waals surface area contributed by atoms with Crippen LogP contribution in [0.2, 0.25) is 0 Å². The van der Waals surface area contributed by atoms with Crippen LogP contribution in [0.1, 0.15) is 0 Å². The maximum Gasteiger partial charge on any atom is 0.259 e. The van der Waals surface area contributed by atoms with Crippen LogP contribution in [-0.4, -0.2) is 57.7 Å². The quantitative estimate of drug-likeness (QED) is 0.390. The first-order valence-electron chi connectivity index (χ1n) is 4.23. The van der Waals surface area contributed by atoms with E-state index in [0.29, 0.717) is 0 Å². The molecule has 0 bridgehead atoms. The Balaban J connectivity index is 2.05. The summed E-state index contributed by atoms with van der Waals surface area (Å²) in [6.07, 6.45) is -4.09. The first kappa shape index (κ1) is 10.1. The molecule has 2 aliphatic heterocycles. The van der Waals surface area contributed by atoms with Gasteiger partial charge in [0, 0.05) is 0 Å². The van der Waals surface area contributed by atoms with Gasteiger partial charge in [0.2, 0.25) is 0 Å². The Kier molecular flexibility index (Phi) is 2.58. The van der Waals surface area contributed by atoms with Gasteiger partial charge in [-0.3, -0.25) is 0 Å². The number of nitrogens with one attached hydrogen (secondary N) is 1. The molecule has 0 aromatic rings. The zero-order valence-electron chi connectivity index (χ0n) is 7.16. The minimum absolute atomic E-state index is 0.177. The van der Waals surface area contributed by atoms with Gasteiger partial charge in [-0.25, -0.2) is 0 Å². The van der Waals surface area contributed by atoms with Gasteiger partial charge in [-0.15, -0.1) is 0 Å². The minimum atomic E-state index is -1.12. The van der Waals surface area contributed by atoms with Crippen LogP contribution in [-0.2, 0) is 9.47 Å². The predicted octanol–water partition coefficient (Wildman–Crippen LogP) is -2.30. The molecule has 4 N–H and O–H groups in total. The van der Waals surface area contributed by atoms with Gasteiger partial charge in [-0.2, -0.15) is 0 Å². The van der Waals surface area contributed by atoms with E-state index in [1.165, 1.54) is 0 Å². The van der Waals surface area contributed by atoms with Crippen molar-refractivity contribution >= 4 is 17.4 Å². The van der Waals surface area contributed by atoms with Crippen molar-refractivity contribution in [1.82, 2.24) is 5.32 Å². The number of aliphatic hydroxyl groups excluding tert-OH is 3. The van der Waals surface area contributed by atoms with Crippen molar-refractivity contribution < 1.29 is 24.8 Å². The van der Waals surface area contributed by atoms with Gasteiger partial charge in [0.05, 0.1) is 6.61 Å². The van der Waals surface area contributed by atoms with Gasteiger partial charge in [0.25, 0.3) is 5.17 Å². The first-order chi connectivity index (χ1) is 6.63. The highest BCUT2D eigenvalue weighted by Crippen LogP contribution is 2.28. The van der Waals surface area contributed by atoms with Crippen molar-refractivity contribution in [2.75, 3.05) is 6.61 Å². The molecule has 0 aromatic carbocycles. The number of aliphatic hydroxyl groups is 3. The molecule has 2 saturated heterocycles. The molecule has 7 heteroatoms. The summed E-state index contributed by atoms with van der Waals surface area (Å²) in [6, 6.07) is 0. The summed E-state index contributed by atoms with van der Waals surface area (Å²) in [4.78, 5) is 0. The monoisotopic (exact) mass is 221 g/mol. The van der Waals surface area contributed by atoms with Crippen LogP contribution in [0.3, 0.4) is 0 Å². The molecule has 0 unspecified atom stereocenters. The molecular weight excluding hydrogens is 210 g/mol. The Morgan fingerprint density at radius 2 is 2.29 bits per heavy atom. The molecule has 2 rings (SSSR count). The molecule has 0 radical (unpaired) electrons. The summed E-state index contributed by atoms with van der Waals surface area (Å²) < 4.78 is 10.3. The van der Waals surface area contributed by atoms with E-state index in [2.05, 4.69) is 5.32 Å². The second kappa shape index (κ2) is 3.59. The molecular formula is C7H11NO5S. The number of fused-ring (bicyclic) bond motifs is 1. The predicted molar refractivity (Wildman–Crippen MR) is 48.4 cm³/mol. The van der Waals surface area contributed by atoms with E-state index >= 15 is 0 Å². The van der Waals surface area contributed by atoms with E-state index in [1.807, 2.05) is 0 Å². The minimum Gasteiger partial charge on any atom is -0.460 e. The molecule has 0 aliphatic carbocycles. The second-order valence-corrected chi connectivity index (χ2v) is 3.65. The molecule has 0 aromatic heterocycles. The summed E-state index contributed by atoms with van der Waals surface area (Å²) in [6.45, 7) is -0.467. The number of hydrogen-bond acceptors (Lipinski definition) is 6. The molecule has 2 aliphatic rings. The third-order valence-electron chi connectivity index (χ3n) is 2.34. The second-order valence-electron chi connectivity index (χ2n) is 3.28. The van der Waals surface area contributed by atoms with Gasteiger partial charge in [0.1, 0.15) is 18.3 Å². The Morgan fingerprint density at radius 1 is 1.57 bits per heavy atom. The molecule has 0 spiro atoms. The summed E-state index contributed by atoms with van der Waals surface area (Å²) >= 11 is 4.72. The van der Waals surface area contributed by atoms with Gasteiger partial charge in [-0.1, -0.05) is 0 Å². The standard InChI is InChI=1S/C7H11NO5S/c9-1-2(10)4-3(11)5-6(12-4)8-7(14)13-5/h2-6,9-11H,1H2,(H,8,14)/t2-,3-,4-,5-,6-/m0/s1. The van der Waals surface area contributed by atoms with E-state index in [4.69, 9.17) is 26.8 Å². The van der Waals surface area contributed by atoms with Gasteiger partial charge < -0.3 is 30.1 Å². The maximum atomic E-state index is 9.66. The summed E-state index contributed by atoms with van der Waals surface area (Å²) in [5, 5.41) is 30.5. The van der Waals surface area contributed by atoms with Crippen molar-refractivity contribution in [1.29, 1.82) is 0 Å². The van der Waals surface area contributed by atoms with Crippen molar-refractivity contribution in [3.8, 4) is 0 Å². The van der Waals surface area contributed by atoms with Crippen molar-refractivity contribution in [3.05, 3.63) is 0 Å². The Labute approximate surface area is 85.4 Å². The summed E-state index contributed by atoms with van der Waals surface area (Å²) in [7, 11) is 0. The van der Waals surface area contributed by atoms with Gasteiger partial charge in [-0.05, 0) is 12.2 Å². The molecule has 6 nitrogen and oxygen atoms in total. The molecule has 0 saturated carbocycles. The van der Waals surface area contributed by atoms with Crippen molar-refractivity contribution in [3.63, 3.8) is 0 Å². The lowest BCUT2D eigenvalue weighted by Gasteiger charge is -2.20. The highest BCUT2D eigenvalue weighted by molar-refractivity contribution is 7.80. The Bertz CT molecular complexity index is 250. The normalized spacial score (nSPS) is 42.9. The highest BCUT2D eigenvalue weighted by atomic mass is 32.1. The lowest BCUT2D eigenvalue weighted by atomic mass is 10.1. The summed E-state index contributed by atoms with van der Waals surface area (Å²) in [5.74, 6) is 0. The van der Waals surface area contributed by atoms with Crippen LogP contribution >= 0.6 is 12.2 Å². The zero-order chi connectivity index (χ0) is 10.3. The highest BCUT2D eigenvalue weighted by Gasteiger charge is 2.51. The average molecular weight is 221 g/mol. The molecule has 2 heterocycles. The van der Waals surface area contributed by atoms with Crippen molar-refractivity contribution in [2.45, 2.75) is 30.6 Å². The number of thiocarbonyl (C=S) groups is 1. The maximum absolute atomic E-state index is 9.66. The third-order valence-corrected chi connectivity index (χ3v) is 2.56. The largest absolute Gasteiger partial charge is 0.460 e. The van der Waals surface area contributed by atoms with E-state index in [0.717, 1.165) is 0 Å². The third kappa shape index (κ3) is 1.47. The molecule has 2 fully saturated rings. The average Bonchev–Trinajstić information content (AvgIpc) is 2.64. The molecule has 5 atom stereocenters. The Hall–Kier alpha value is -0.470. The number of hydrogen-bond donors (Lipinski definition) is 4. The topological polar surface area (TPSA) is 91.2 Å². The molecule has 14 heavy (non-hydrogen) atoms. The SMILES string of the molecule is OC[C@H](O)[C@@H]1O[C@@H]2NC(=S)O[C@H]2[C@H]1O. The fourth-order valence-electron chi connectivity index (χ4n) is 1.64. The smallest absolute Gasteiger partial charge is 0.259 e. The number of rotatable bonds is 2.